The Bertz CT molecular complexity index is 481. The van der Waals surface area contributed by atoms with Gasteiger partial charge in [0.25, 0.3) is 5.91 Å². The number of rotatable bonds is 5. The summed E-state index contributed by atoms with van der Waals surface area (Å²) in [6.45, 7) is 0.763. The van der Waals surface area contributed by atoms with Crippen LogP contribution in [0.4, 0.5) is 4.39 Å². The molecule has 1 fully saturated rings. The van der Waals surface area contributed by atoms with Crippen LogP contribution in [0.1, 0.15) is 36.0 Å². The zero-order valence-electron chi connectivity index (χ0n) is 11.6. The lowest BCUT2D eigenvalue weighted by molar-refractivity contribution is 0.0729. The van der Waals surface area contributed by atoms with Gasteiger partial charge in [-0.15, -0.1) is 0 Å². The molecule has 1 aliphatic rings. The largest absolute Gasteiger partial charge is 0.494 e. The lowest BCUT2D eigenvalue weighted by Gasteiger charge is -2.24. The predicted molar refractivity (Wildman–Crippen MR) is 80.0 cm³/mol. The number of carbonyl (C=O) groups is 1. The molecule has 0 spiro atoms. The van der Waals surface area contributed by atoms with E-state index in [1.54, 1.807) is 6.07 Å². The summed E-state index contributed by atoms with van der Waals surface area (Å²) in [6, 6.07) is 4.68. The molecule has 0 aliphatic carbocycles. The summed E-state index contributed by atoms with van der Waals surface area (Å²) >= 11 is 3.42. The summed E-state index contributed by atoms with van der Waals surface area (Å²) in [4.78, 5) is 14.4. The molecule has 1 amide bonds. The van der Waals surface area contributed by atoms with Crippen molar-refractivity contribution in [3.63, 3.8) is 0 Å². The van der Waals surface area contributed by atoms with Crippen molar-refractivity contribution in [3.05, 3.63) is 29.6 Å². The molecule has 5 heteroatoms. The van der Waals surface area contributed by atoms with Crippen molar-refractivity contribution in [1.29, 1.82) is 0 Å². The van der Waals surface area contributed by atoms with Crippen molar-refractivity contribution >= 4 is 21.8 Å². The maximum absolute atomic E-state index is 13.7. The number of hydrogen-bond donors (Lipinski definition) is 0. The van der Waals surface area contributed by atoms with E-state index in [4.69, 9.17) is 4.74 Å². The van der Waals surface area contributed by atoms with Gasteiger partial charge in [-0.1, -0.05) is 15.9 Å². The molecule has 1 aliphatic heterocycles. The molecular weight excluding hydrogens is 325 g/mol. The smallest absolute Gasteiger partial charge is 0.254 e. The molecule has 1 heterocycles. The number of halogens is 2. The third kappa shape index (κ3) is 3.32. The van der Waals surface area contributed by atoms with Gasteiger partial charge in [0.15, 0.2) is 11.6 Å². The second-order valence-electron chi connectivity index (χ2n) is 4.98. The van der Waals surface area contributed by atoms with Gasteiger partial charge in [-0.3, -0.25) is 4.79 Å². The number of hydrogen-bond acceptors (Lipinski definition) is 2. The molecule has 0 bridgehead atoms. The molecule has 1 aromatic carbocycles. The maximum Gasteiger partial charge on any atom is 0.254 e. The van der Waals surface area contributed by atoms with Crippen molar-refractivity contribution in [1.82, 2.24) is 4.90 Å². The van der Waals surface area contributed by atoms with Crippen molar-refractivity contribution in [3.8, 4) is 5.75 Å². The number of methoxy groups -OCH3 is 1. The first kappa shape index (κ1) is 15.3. The monoisotopic (exact) mass is 343 g/mol. The molecule has 110 valence electrons. The first-order valence-corrected chi connectivity index (χ1v) is 8.00. The average molecular weight is 344 g/mol. The Morgan fingerprint density at radius 2 is 2.35 bits per heavy atom. The first-order valence-electron chi connectivity index (χ1n) is 6.88. The molecule has 0 saturated carbocycles. The Morgan fingerprint density at radius 3 is 3.00 bits per heavy atom. The average Bonchev–Trinajstić information content (AvgIpc) is 2.92. The summed E-state index contributed by atoms with van der Waals surface area (Å²) in [5, 5.41) is 0.947. The second kappa shape index (κ2) is 7.07. The van der Waals surface area contributed by atoms with Crippen LogP contribution in [0.5, 0.6) is 5.75 Å². The van der Waals surface area contributed by atoms with Gasteiger partial charge in [0.05, 0.1) is 7.11 Å². The van der Waals surface area contributed by atoms with E-state index < -0.39 is 5.82 Å². The van der Waals surface area contributed by atoms with Gasteiger partial charge in [0.2, 0.25) is 0 Å². The van der Waals surface area contributed by atoms with Gasteiger partial charge in [0.1, 0.15) is 0 Å². The topological polar surface area (TPSA) is 29.5 Å². The van der Waals surface area contributed by atoms with Crippen LogP contribution in [-0.2, 0) is 0 Å². The van der Waals surface area contributed by atoms with Crippen molar-refractivity contribution in [2.45, 2.75) is 31.7 Å². The fourth-order valence-electron chi connectivity index (χ4n) is 2.68. The van der Waals surface area contributed by atoms with E-state index in [9.17, 15) is 9.18 Å². The van der Waals surface area contributed by atoms with Crippen LogP contribution in [0, 0.1) is 5.82 Å². The Kier molecular flexibility index (Phi) is 5.40. The minimum Gasteiger partial charge on any atom is -0.494 e. The standard InChI is InChI=1S/C15H19BrFNO2/c1-20-14-7-6-11(10-13(14)17)15(19)18-9-3-5-12(18)4-2-8-16/h6-7,10,12H,2-5,8-9H2,1H3. The Balaban J connectivity index is 2.11. The third-order valence-electron chi connectivity index (χ3n) is 3.71. The quantitative estimate of drug-likeness (QED) is 0.764. The van der Waals surface area contributed by atoms with Crippen LogP contribution in [0.25, 0.3) is 0 Å². The second-order valence-corrected chi connectivity index (χ2v) is 5.77. The van der Waals surface area contributed by atoms with Gasteiger partial charge in [-0.05, 0) is 43.9 Å². The van der Waals surface area contributed by atoms with E-state index in [0.29, 0.717) is 5.56 Å². The first-order chi connectivity index (χ1) is 9.67. The van der Waals surface area contributed by atoms with Crippen LogP contribution in [0.2, 0.25) is 0 Å². The normalized spacial score (nSPS) is 18.4. The summed E-state index contributed by atoms with van der Waals surface area (Å²) in [7, 11) is 1.41. The molecule has 1 unspecified atom stereocenters. The van der Waals surface area contributed by atoms with E-state index in [0.717, 1.165) is 37.6 Å². The fourth-order valence-corrected chi connectivity index (χ4v) is 3.00. The summed E-state index contributed by atoms with van der Waals surface area (Å²) in [5.74, 6) is -0.406. The number of likely N-dealkylation sites (tertiary alicyclic amines) is 1. The van der Waals surface area contributed by atoms with E-state index in [1.165, 1.54) is 19.2 Å². The Labute approximate surface area is 127 Å². The summed E-state index contributed by atoms with van der Waals surface area (Å²) < 4.78 is 18.6. The number of benzene rings is 1. The minimum atomic E-state index is -0.491. The van der Waals surface area contributed by atoms with Crippen molar-refractivity contribution in [2.24, 2.45) is 0 Å². The molecular formula is C15H19BrFNO2. The number of alkyl halides is 1. The Hall–Kier alpha value is -1.10. The molecule has 0 radical (unpaired) electrons. The lowest BCUT2D eigenvalue weighted by Crippen LogP contribution is -2.35. The molecule has 2 rings (SSSR count). The lowest BCUT2D eigenvalue weighted by atomic mass is 10.1. The summed E-state index contributed by atoms with van der Waals surface area (Å²) in [6.07, 6.45) is 4.11. The van der Waals surface area contributed by atoms with Gasteiger partial charge in [-0.25, -0.2) is 4.39 Å². The van der Waals surface area contributed by atoms with E-state index in [1.807, 2.05) is 4.90 Å². The van der Waals surface area contributed by atoms with Gasteiger partial charge < -0.3 is 9.64 Å². The highest BCUT2D eigenvalue weighted by molar-refractivity contribution is 9.09. The molecule has 1 atom stereocenters. The molecule has 0 aromatic heterocycles. The minimum absolute atomic E-state index is 0.0800. The number of carbonyl (C=O) groups excluding carboxylic acids is 1. The van der Waals surface area contributed by atoms with Crippen LogP contribution < -0.4 is 4.74 Å². The van der Waals surface area contributed by atoms with E-state index >= 15 is 0 Å². The molecule has 1 aromatic rings. The number of nitrogens with zero attached hydrogens (tertiary/aromatic N) is 1. The summed E-state index contributed by atoms with van der Waals surface area (Å²) in [5.41, 5.74) is 0.397. The van der Waals surface area contributed by atoms with Crippen LogP contribution in [0.15, 0.2) is 18.2 Å². The number of amides is 1. The SMILES string of the molecule is COc1ccc(C(=O)N2CCCC2CCCBr)cc1F. The van der Waals surface area contributed by atoms with Crippen LogP contribution >= 0.6 is 15.9 Å². The van der Waals surface area contributed by atoms with Gasteiger partial charge >= 0.3 is 0 Å². The maximum atomic E-state index is 13.7. The zero-order chi connectivity index (χ0) is 14.5. The predicted octanol–water partition coefficient (Wildman–Crippen LogP) is 3.61. The van der Waals surface area contributed by atoms with Gasteiger partial charge in [0, 0.05) is 23.5 Å². The van der Waals surface area contributed by atoms with Crippen LogP contribution in [-0.4, -0.2) is 35.8 Å². The van der Waals surface area contributed by atoms with E-state index in [-0.39, 0.29) is 17.7 Å². The van der Waals surface area contributed by atoms with Crippen molar-refractivity contribution < 1.29 is 13.9 Å². The Morgan fingerprint density at radius 1 is 1.55 bits per heavy atom. The van der Waals surface area contributed by atoms with Crippen molar-refractivity contribution in [2.75, 3.05) is 19.0 Å². The molecule has 1 saturated heterocycles. The van der Waals surface area contributed by atoms with Crippen LogP contribution in [0.3, 0.4) is 0 Å². The highest BCUT2D eigenvalue weighted by Crippen LogP contribution is 2.25. The molecule has 20 heavy (non-hydrogen) atoms. The third-order valence-corrected chi connectivity index (χ3v) is 4.27. The van der Waals surface area contributed by atoms with E-state index in [2.05, 4.69) is 15.9 Å². The molecule has 0 N–H and O–H groups in total. The fraction of sp³-hybridized carbons (Fsp3) is 0.533. The zero-order valence-corrected chi connectivity index (χ0v) is 13.2. The van der Waals surface area contributed by atoms with Gasteiger partial charge in [-0.2, -0.15) is 0 Å². The number of ether oxygens (including phenoxy) is 1. The highest BCUT2D eigenvalue weighted by Gasteiger charge is 2.29. The highest BCUT2D eigenvalue weighted by atomic mass is 79.9. The molecule has 3 nitrogen and oxygen atoms in total.